The third kappa shape index (κ3) is 3.65. The van der Waals surface area contributed by atoms with Crippen molar-refractivity contribution in [3.63, 3.8) is 0 Å². The fourth-order valence-corrected chi connectivity index (χ4v) is 2.84. The Morgan fingerprint density at radius 1 is 1.30 bits per heavy atom. The Morgan fingerprint density at radius 2 is 2.00 bits per heavy atom. The molecule has 1 aliphatic carbocycles. The van der Waals surface area contributed by atoms with Crippen LogP contribution in [-0.2, 0) is 6.54 Å². The van der Waals surface area contributed by atoms with E-state index in [1.54, 1.807) is 12.1 Å². The molecule has 4 heteroatoms. The van der Waals surface area contributed by atoms with Gasteiger partial charge in [0.1, 0.15) is 5.75 Å². The highest BCUT2D eigenvalue weighted by Crippen LogP contribution is 2.26. The molecule has 1 aromatic carbocycles. The summed E-state index contributed by atoms with van der Waals surface area (Å²) >= 11 is 0. The average molecular weight is 276 g/mol. The Bertz CT molecular complexity index is 442. The molecule has 2 rings (SSSR count). The molecular formula is C16H24N2O2. The zero-order valence-corrected chi connectivity index (χ0v) is 12.1. The first kappa shape index (κ1) is 14.7. The van der Waals surface area contributed by atoms with Crippen LogP contribution in [0, 0.1) is 0 Å². The van der Waals surface area contributed by atoms with Gasteiger partial charge in [-0.3, -0.25) is 0 Å². The minimum absolute atomic E-state index is 0.0253. The molecule has 20 heavy (non-hydrogen) atoms. The first-order chi connectivity index (χ1) is 9.72. The van der Waals surface area contributed by atoms with Gasteiger partial charge in [-0.15, -0.1) is 0 Å². The Morgan fingerprint density at radius 3 is 2.65 bits per heavy atom. The largest absolute Gasteiger partial charge is 0.508 e. The first-order valence-corrected chi connectivity index (χ1v) is 7.53. The number of hydrogen-bond acceptors (Lipinski definition) is 2. The van der Waals surface area contributed by atoms with Gasteiger partial charge in [0.25, 0.3) is 0 Å². The van der Waals surface area contributed by atoms with Gasteiger partial charge in [0.2, 0.25) is 0 Å². The fraction of sp³-hybridized carbons (Fsp3) is 0.562. The summed E-state index contributed by atoms with van der Waals surface area (Å²) in [6.45, 7) is 3.03. The van der Waals surface area contributed by atoms with Crippen LogP contribution in [0.1, 0.15) is 44.6 Å². The van der Waals surface area contributed by atoms with E-state index < -0.39 is 0 Å². The molecule has 0 aliphatic heterocycles. The first-order valence-electron chi connectivity index (χ1n) is 7.53. The quantitative estimate of drug-likeness (QED) is 0.887. The predicted molar refractivity (Wildman–Crippen MR) is 79.6 cm³/mol. The third-order valence-corrected chi connectivity index (χ3v) is 3.94. The van der Waals surface area contributed by atoms with Crippen molar-refractivity contribution in [3.05, 3.63) is 29.8 Å². The van der Waals surface area contributed by atoms with Gasteiger partial charge >= 0.3 is 6.03 Å². The van der Waals surface area contributed by atoms with E-state index in [9.17, 15) is 9.90 Å². The molecule has 110 valence electrons. The molecule has 1 saturated carbocycles. The molecule has 0 spiro atoms. The van der Waals surface area contributed by atoms with Gasteiger partial charge in [-0.2, -0.15) is 0 Å². The smallest absolute Gasteiger partial charge is 0.317 e. The Kier molecular flexibility index (Phi) is 5.27. The van der Waals surface area contributed by atoms with E-state index in [1.165, 1.54) is 19.3 Å². The van der Waals surface area contributed by atoms with Gasteiger partial charge in [-0.25, -0.2) is 4.79 Å². The molecule has 0 radical (unpaired) electrons. The van der Waals surface area contributed by atoms with E-state index >= 15 is 0 Å². The number of para-hydroxylation sites is 1. The zero-order chi connectivity index (χ0) is 14.4. The summed E-state index contributed by atoms with van der Waals surface area (Å²) in [7, 11) is 0. The summed E-state index contributed by atoms with van der Waals surface area (Å²) in [5.41, 5.74) is 0.810. The Labute approximate surface area is 120 Å². The lowest BCUT2D eigenvalue weighted by molar-refractivity contribution is 0.151. The Hall–Kier alpha value is -1.71. The van der Waals surface area contributed by atoms with E-state index in [-0.39, 0.29) is 17.8 Å². The van der Waals surface area contributed by atoms with Gasteiger partial charge in [-0.05, 0) is 25.8 Å². The number of amides is 2. The van der Waals surface area contributed by atoms with Crippen molar-refractivity contribution in [3.8, 4) is 5.75 Å². The number of nitrogens with zero attached hydrogens (tertiary/aromatic N) is 1. The number of phenols is 1. The SMILES string of the molecule is CCNC(=O)N(Cc1ccccc1O)C1CCCCC1. The number of rotatable bonds is 4. The second kappa shape index (κ2) is 7.17. The van der Waals surface area contributed by atoms with Crippen LogP contribution >= 0.6 is 0 Å². The number of hydrogen-bond donors (Lipinski definition) is 2. The number of aromatic hydroxyl groups is 1. The molecule has 2 N–H and O–H groups in total. The van der Waals surface area contributed by atoms with Crippen molar-refractivity contribution >= 4 is 6.03 Å². The van der Waals surface area contributed by atoms with Crippen molar-refractivity contribution in [1.29, 1.82) is 0 Å². The number of nitrogens with one attached hydrogen (secondary N) is 1. The van der Waals surface area contributed by atoms with Crippen LogP contribution in [0.3, 0.4) is 0 Å². The van der Waals surface area contributed by atoms with Crippen LogP contribution < -0.4 is 5.32 Å². The maximum atomic E-state index is 12.3. The number of carbonyl (C=O) groups is 1. The number of benzene rings is 1. The average Bonchev–Trinajstić information content (AvgIpc) is 2.47. The van der Waals surface area contributed by atoms with Gasteiger partial charge in [0, 0.05) is 18.2 Å². The van der Waals surface area contributed by atoms with Gasteiger partial charge < -0.3 is 15.3 Å². The molecule has 0 unspecified atom stereocenters. The van der Waals surface area contributed by atoms with Crippen LogP contribution in [0.15, 0.2) is 24.3 Å². The summed E-state index contributed by atoms with van der Waals surface area (Å²) in [6, 6.07) is 7.51. The topological polar surface area (TPSA) is 52.6 Å². The van der Waals surface area contributed by atoms with Gasteiger partial charge in [0.15, 0.2) is 0 Å². The normalized spacial score (nSPS) is 15.8. The van der Waals surface area contributed by atoms with Crippen molar-refractivity contribution < 1.29 is 9.90 Å². The molecule has 0 heterocycles. The second-order valence-corrected chi connectivity index (χ2v) is 5.38. The molecule has 1 aliphatic rings. The molecule has 0 atom stereocenters. The maximum absolute atomic E-state index is 12.3. The van der Waals surface area contributed by atoms with E-state index in [0.29, 0.717) is 13.1 Å². The highest BCUT2D eigenvalue weighted by atomic mass is 16.3. The third-order valence-electron chi connectivity index (χ3n) is 3.94. The van der Waals surface area contributed by atoms with E-state index in [2.05, 4.69) is 5.32 Å². The highest BCUT2D eigenvalue weighted by molar-refractivity contribution is 5.74. The number of phenolic OH excluding ortho intramolecular Hbond substituents is 1. The van der Waals surface area contributed by atoms with Crippen LogP contribution in [0.25, 0.3) is 0 Å². The van der Waals surface area contributed by atoms with Crippen molar-refractivity contribution in [2.75, 3.05) is 6.54 Å². The summed E-state index contributed by atoms with van der Waals surface area (Å²) in [4.78, 5) is 14.2. The van der Waals surface area contributed by atoms with Crippen molar-refractivity contribution in [2.24, 2.45) is 0 Å². The molecule has 0 saturated heterocycles. The van der Waals surface area contributed by atoms with Gasteiger partial charge in [0.05, 0.1) is 6.54 Å². The highest BCUT2D eigenvalue weighted by Gasteiger charge is 2.25. The summed E-state index contributed by atoms with van der Waals surface area (Å²) < 4.78 is 0. The molecule has 2 amide bonds. The van der Waals surface area contributed by atoms with Crippen molar-refractivity contribution in [1.82, 2.24) is 10.2 Å². The van der Waals surface area contributed by atoms with E-state index in [1.807, 2.05) is 24.0 Å². The summed E-state index contributed by atoms with van der Waals surface area (Å²) in [6.07, 6.45) is 5.74. The molecule has 1 aromatic rings. The molecule has 0 bridgehead atoms. The van der Waals surface area contributed by atoms with E-state index in [0.717, 1.165) is 18.4 Å². The summed E-state index contributed by atoms with van der Waals surface area (Å²) in [5.74, 6) is 0.262. The van der Waals surface area contributed by atoms with Crippen LogP contribution in [0.4, 0.5) is 4.79 Å². The Balaban J connectivity index is 2.13. The minimum Gasteiger partial charge on any atom is -0.508 e. The lowest BCUT2D eigenvalue weighted by Crippen LogP contribution is -2.46. The lowest BCUT2D eigenvalue weighted by atomic mass is 9.94. The zero-order valence-electron chi connectivity index (χ0n) is 12.1. The fourth-order valence-electron chi connectivity index (χ4n) is 2.84. The second-order valence-electron chi connectivity index (χ2n) is 5.38. The standard InChI is InChI=1S/C16H24N2O2/c1-2-17-16(20)18(14-9-4-3-5-10-14)12-13-8-6-7-11-15(13)19/h6-8,11,14,19H,2-5,9-10,12H2,1H3,(H,17,20). The molecule has 0 aromatic heterocycles. The predicted octanol–water partition coefficient (Wildman–Crippen LogP) is 3.26. The lowest BCUT2D eigenvalue weighted by Gasteiger charge is -2.34. The minimum atomic E-state index is -0.0253. The van der Waals surface area contributed by atoms with Crippen LogP contribution in [-0.4, -0.2) is 28.6 Å². The van der Waals surface area contributed by atoms with E-state index in [4.69, 9.17) is 0 Å². The van der Waals surface area contributed by atoms with Crippen molar-refractivity contribution in [2.45, 2.75) is 51.6 Å². The number of urea groups is 1. The molecule has 4 nitrogen and oxygen atoms in total. The number of carbonyl (C=O) groups excluding carboxylic acids is 1. The monoisotopic (exact) mass is 276 g/mol. The van der Waals surface area contributed by atoms with Crippen LogP contribution in [0.2, 0.25) is 0 Å². The molecule has 1 fully saturated rings. The maximum Gasteiger partial charge on any atom is 0.317 e. The van der Waals surface area contributed by atoms with Crippen LogP contribution in [0.5, 0.6) is 5.75 Å². The molecular weight excluding hydrogens is 252 g/mol. The van der Waals surface area contributed by atoms with Gasteiger partial charge in [-0.1, -0.05) is 37.5 Å². The summed E-state index contributed by atoms with van der Waals surface area (Å²) in [5, 5.41) is 12.8.